The van der Waals surface area contributed by atoms with Gasteiger partial charge in [-0.2, -0.15) is 5.26 Å². The predicted octanol–water partition coefficient (Wildman–Crippen LogP) is 1.54. The van der Waals surface area contributed by atoms with E-state index < -0.39 is 15.7 Å². The molecule has 6 heteroatoms. The van der Waals surface area contributed by atoms with E-state index >= 15 is 0 Å². The highest BCUT2D eigenvalue weighted by Crippen LogP contribution is 2.20. The summed E-state index contributed by atoms with van der Waals surface area (Å²) in [4.78, 5) is 0. The number of anilines is 1. The molecule has 1 N–H and O–H groups in total. The average molecular weight is 268 g/mol. The normalized spacial score (nSPS) is 21.4. The second-order valence-electron chi connectivity index (χ2n) is 4.49. The van der Waals surface area contributed by atoms with Crippen LogP contribution in [0.3, 0.4) is 0 Å². The maximum Gasteiger partial charge on any atom is 0.150 e. The lowest BCUT2D eigenvalue weighted by Crippen LogP contribution is -2.15. The van der Waals surface area contributed by atoms with Gasteiger partial charge in [0.1, 0.15) is 5.82 Å². The van der Waals surface area contributed by atoms with Crippen molar-refractivity contribution in [1.29, 1.82) is 5.26 Å². The van der Waals surface area contributed by atoms with E-state index in [1.807, 2.05) is 6.07 Å². The summed E-state index contributed by atoms with van der Waals surface area (Å²) in [6, 6.07) is 5.88. The van der Waals surface area contributed by atoms with Crippen LogP contribution >= 0.6 is 0 Å². The Morgan fingerprint density at radius 1 is 1.44 bits per heavy atom. The third-order valence-electron chi connectivity index (χ3n) is 2.95. The van der Waals surface area contributed by atoms with Crippen molar-refractivity contribution in [3.63, 3.8) is 0 Å². The monoisotopic (exact) mass is 268 g/mol. The third kappa shape index (κ3) is 3.20. The van der Waals surface area contributed by atoms with Crippen LogP contribution in [0.5, 0.6) is 0 Å². The summed E-state index contributed by atoms with van der Waals surface area (Å²) in [5.74, 6) is -0.00813. The summed E-state index contributed by atoms with van der Waals surface area (Å²) >= 11 is 0. The fourth-order valence-electron chi connectivity index (χ4n) is 2.05. The van der Waals surface area contributed by atoms with Crippen molar-refractivity contribution in [1.82, 2.24) is 0 Å². The molecular weight excluding hydrogens is 255 g/mol. The van der Waals surface area contributed by atoms with Crippen molar-refractivity contribution in [2.24, 2.45) is 5.92 Å². The SMILES string of the molecule is N#Cc1cc(F)cc(NCC2CCS(=O)(=O)C2)c1. The van der Waals surface area contributed by atoms with Crippen LogP contribution in [0.15, 0.2) is 18.2 Å². The summed E-state index contributed by atoms with van der Waals surface area (Å²) in [6.45, 7) is 0.480. The number of nitrogens with zero attached hydrogens (tertiary/aromatic N) is 1. The number of halogens is 1. The average Bonchev–Trinajstić information content (AvgIpc) is 2.65. The van der Waals surface area contributed by atoms with Gasteiger partial charge < -0.3 is 5.32 Å². The maximum absolute atomic E-state index is 13.2. The van der Waals surface area contributed by atoms with E-state index in [4.69, 9.17) is 5.26 Å². The molecule has 0 spiro atoms. The van der Waals surface area contributed by atoms with Gasteiger partial charge in [-0.05, 0) is 30.5 Å². The van der Waals surface area contributed by atoms with Gasteiger partial charge in [0.2, 0.25) is 0 Å². The van der Waals surface area contributed by atoms with Crippen LogP contribution in [0.4, 0.5) is 10.1 Å². The van der Waals surface area contributed by atoms with Gasteiger partial charge in [0.25, 0.3) is 0 Å². The zero-order valence-electron chi connectivity index (χ0n) is 9.69. The summed E-state index contributed by atoms with van der Waals surface area (Å²) < 4.78 is 35.7. The second kappa shape index (κ2) is 4.94. The van der Waals surface area contributed by atoms with Crippen LogP contribution in [0, 0.1) is 23.1 Å². The molecule has 1 aromatic rings. The Hall–Kier alpha value is -1.61. The van der Waals surface area contributed by atoms with E-state index in [0.29, 0.717) is 18.7 Å². The van der Waals surface area contributed by atoms with E-state index in [9.17, 15) is 12.8 Å². The zero-order chi connectivity index (χ0) is 13.2. The molecule has 1 saturated heterocycles. The first kappa shape index (κ1) is 12.8. The molecule has 0 amide bonds. The summed E-state index contributed by atoms with van der Waals surface area (Å²) in [6.07, 6.45) is 0.635. The highest BCUT2D eigenvalue weighted by molar-refractivity contribution is 7.91. The highest BCUT2D eigenvalue weighted by atomic mass is 32.2. The molecule has 1 fully saturated rings. The van der Waals surface area contributed by atoms with E-state index in [1.54, 1.807) is 6.07 Å². The molecule has 0 aromatic heterocycles. The Bertz CT molecular complexity index is 593. The molecule has 4 nitrogen and oxygen atoms in total. The Kier molecular flexibility index (Phi) is 3.53. The Balaban J connectivity index is 1.99. The van der Waals surface area contributed by atoms with Crippen LogP contribution in [0.1, 0.15) is 12.0 Å². The minimum Gasteiger partial charge on any atom is -0.385 e. The lowest BCUT2D eigenvalue weighted by Gasteiger charge is -2.11. The fraction of sp³-hybridized carbons (Fsp3) is 0.417. The molecule has 1 unspecified atom stereocenters. The molecule has 2 rings (SSSR count). The summed E-state index contributed by atoms with van der Waals surface area (Å²) in [5.41, 5.74) is 0.757. The molecule has 96 valence electrons. The lowest BCUT2D eigenvalue weighted by molar-refractivity contribution is 0.595. The van der Waals surface area contributed by atoms with Crippen LogP contribution in [0.25, 0.3) is 0 Å². The molecule has 1 aliphatic rings. The van der Waals surface area contributed by atoms with Gasteiger partial charge in [0.05, 0.1) is 23.1 Å². The number of rotatable bonds is 3. The van der Waals surface area contributed by atoms with E-state index in [1.165, 1.54) is 6.07 Å². The van der Waals surface area contributed by atoms with Gasteiger partial charge in [-0.1, -0.05) is 0 Å². The highest BCUT2D eigenvalue weighted by Gasteiger charge is 2.27. The number of sulfone groups is 1. The van der Waals surface area contributed by atoms with Crippen molar-refractivity contribution < 1.29 is 12.8 Å². The van der Waals surface area contributed by atoms with Gasteiger partial charge >= 0.3 is 0 Å². The topological polar surface area (TPSA) is 70.0 Å². The number of nitrogens with one attached hydrogen (secondary N) is 1. The fourth-order valence-corrected chi connectivity index (χ4v) is 3.91. The molecule has 0 radical (unpaired) electrons. The smallest absolute Gasteiger partial charge is 0.150 e. The van der Waals surface area contributed by atoms with E-state index in [-0.39, 0.29) is 23.0 Å². The molecule has 1 heterocycles. The van der Waals surface area contributed by atoms with Crippen molar-refractivity contribution >= 4 is 15.5 Å². The van der Waals surface area contributed by atoms with Gasteiger partial charge in [0, 0.05) is 12.2 Å². The van der Waals surface area contributed by atoms with Crippen molar-refractivity contribution in [2.45, 2.75) is 6.42 Å². The Labute approximate surface area is 105 Å². The number of nitriles is 1. The first-order chi connectivity index (χ1) is 8.48. The Morgan fingerprint density at radius 3 is 2.83 bits per heavy atom. The van der Waals surface area contributed by atoms with Gasteiger partial charge in [0.15, 0.2) is 9.84 Å². The van der Waals surface area contributed by atoms with Crippen LogP contribution in [0.2, 0.25) is 0 Å². The molecular formula is C12H13FN2O2S. The zero-order valence-corrected chi connectivity index (χ0v) is 10.5. The number of hydrogen-bond acceptors (Lipinski definition) is 4. The van der Waals surface area contributed by atoms with Gasteiger partial charge in [-0.3, -0.25) is 0 Å². The van der Waals surface area contributed by atoms with Gasteiger partial charge in [-0.15, -0.1) is 0 Å². The maximum atomic E-state index is 13.2. The summed E-state index contributed by atoms with van der Waals surface area (Å²) in [5, 5.41) is 11.7. The van der Waals surface area contributed by atoms with Gasteiger partial charge in [-0.25, -0.2) is 12.8 Å². The van der Waals surface area contributed by atoms with Crippen molar-refractivity contribution in [3.05, 3.63) is 29.6 Å². The van der Waals surface area contributed by atoms with E-state index in [2.05, 4.69) is 5.32 Å². The summed E-state index contributed by atoms with van der Waals surface area (Å²) in [7, 11) is -2.89. The number of benzene rings is 1. The quantitative estimate of drug-likeness (QED) is 0.902. The molecule has 0 bridgehead atoms. The van der Waals surface area contributed by atoms with Crippen molar-refractivity contribution in [3.8, 4) is 6.07 Å². The van der Waals surface area contributed by atoms with Crippen LogP contribution < -0.4 is 5.32 Å². The first-order valence-electron chi connectivity index (χ1n) is 5.63. The van der Waals surface area contributed by atoms with Crippen molar-refractivity contribution in [2.75, 3.05) is 23.4 Å². The molecule has 18 heavy (non-hydrogen) atoms. The van der Waals surface area contributed by atoms with Crippen LogP contribution in [-0.2, 0) is 9.84 Å². The predicted molar refractivity (Wildman–Crippen MR) is 66.4 cm³/mol. The second-order valence-corrected chi connectivity index (χ2v) is 6.72. The molecule has 1 aromatic carbocycles. The van der Waals surface area contributed by atoms with Crippen LogP contribution in [-0.4, -0.2) is 26.5 Å². The Morgan fingerprint density at radius 2 is 2.22 bits per heavy atom. The molecule has 1 atom stereocenters. The third-order valence-corrected chi connectivity index (χ3v) is 4.79. The lowest BCUT2D eigenvalue weighted by atomic mass is 10.1. The largest absolute Gasteiger partial charge is 0.385 e. The first-order valence-corrected chi connectivity index (χ1v) is 7.45. The molecule has 1 aliphatic heterocycles. The standard InChI is InChI=1S/C12H13FN2O2S/c13-11-3-10(6-14)4-12(5-11)15-7-9-1-2-18(16,17)8-9/h3-5,9,15H,1-2,7-8H2. The molecule has 0 aliphatic carbocycles. The number of hydrogen-bond donors (Lipinski definition) is 1. The minimum absolute atomic E-state index is 0.0591. The molecule has 0 saturated carbocycles. The van der Waals surface area contributed by atoms with E-state index in [0.717, 1.165) is 6.07 Å². The minimum atomic E-state index is -2.89.